The summed E-state index contributed by atoms with van der Waals surface area (Å²) in [5.74, 6) is 0.0598. The molecule has 0 radical (unpaired) electrons. The molecule has 2 nitrogen and oxygen atoms in total. The molecule has 1 aliphatic heterocycles. The maximum absolute atomic E-state index is 12.2. The van der Waals surface area contributed by atoms with E-state index in [-0.39, 0.29) is 11.7 Å². The Bertz CT molecular complexity index is 400. The van der Waals surface area contributed by atoms with Gasteiger partial charge in [-0.25, -0.2) is 0 Å². The molecule has 1 aromatic carbocycles. The Hall–Kier alpha value is -0.380. The van der Waals surface area contributed by atoms with Gasteiger partial charge in [-0.1, -0.05) is 27.5 Å². The molecule has 0 amide bonds. The summed E-state index contributed by atoms with van der Waals surface area (Å²) in [4.78, 5) is 12.2. The average molecular weight is 304 g/mol. The van der Waals surface area contributed by atoms with Crippen molar-refractivity contribution in [3.8, 4) is 0 Å². The second-order valence-corrected chi connectivity index (χ2v) is 5.23. The highest BCUT2D eigenvalue weighted by atomic mass is 79.9. The van der Waals surface area contributed by atoms with Crippen LogP contribution in [0.1, 0.15) is 23.2 Å². The van der Waals surface area contributed by atoms with E-state index in [0.717, 1.165) is 23.9 Å². The molecule has 0 N–H and O–H groups in total. The first-order chi connectivity index (χ1) is 7.68. The van der Waals surface area contributed by atoms with Gasteiger partial charge in [-0.2, -0.15) is 0 Å². The second kappa shape index (κ2) is 5.30. The average Bonchev–Trinajstić information content (AvgIpc) is 2.29. The van der Waals surface area contributed by atoms with Gasteiger partial charge in [-0.05, 0) is 31.0 Å². The number of rotatable bonds is 2. The lowest BCUT2D eigenvalue weighted by molar-refractivity contribution is 0.0461. The topological polar surface area (TPSA) is 26.3 Å². The highest BCUT2D eigenvalue weighted by Gasteiger charge is 2.24. The number of carbonyl (C=O) groups excluding carboxylic acids is 1. The number of Topliss-reactive ketones (excluding diaryl/α,β-unsaturated/α-hetero) is 1. The molecule has 86 valence electrons. The minimum atomic E-state index is -0.0348. The summed E-state index contributed by atoms with van der Waals surface area (Å²) in [7, 11) is 0. The summed E-state index contributed by atoms with van der Waals surface area (Å²) in [5.41, 5.74) is 0.598. The Morgan fingerprint density at radius 1 is 1.50 bits per heavy atom. The van der Waals surface area contributed by atoms with Crippen LogP contribution in [0.25, 0.3) is 0 Å². The number of benzene rings is 1. The normalized spacial score (nSPS) is 20.8. The van der Waals surface area contributed by atoms with Gasteiger partial charge in [-0.15, -0.1) is 0 Å². The summed E-state index contributed by atoms with van der Waals surface area (Å²) < 4.78 is 6.20. The third-order valence-corrected chi connectivity index (χ3v) is 3.53. The molecule has 2 rings (SSSR count). The lowest BCUT2D eigenvalue weighted by Gasteiger charge is -2.21. The molecule has 0 saturated carbocycles. The van der Waals surface area contributed by atoms with Gasteiger partial charge in [0, 0.05) is 22.6 Å². The Morgan fingerprint density at radius 2 is 2.31 bits per heavy atom. The number of ether oxygens (including phenoxy) is 1. The molecule has 1 heterocycles. The number of ketones is 1. The fourth-order valence-corrected chi connectivity index (χ4v) is 2.62. The molecule has 1 fully saturated rings. The highest BCUT2D eigenvalue weighted by Crippen LogP contribution is 2.26. The van der Waals surface area contributed by atoms with Gasteiger partial charge in [0.25, 0.3) is 0 Å². The molecule has 0 spiro atoms. The van der Waals surface area contributed by atoms with Crippen LogP contribution in [0.5, 0.6) is 0 Å². The van der Waals surface area contributed by atoms with Crippen molar-refractivity contribution in [1.82, 2.24) is 0 Å². The predicted octanol–water partition coefficient (Wildman–Crippen LogP) is 3.71. The second-order valence-electron chi connectivity index (χ2n) is 3.90. The van der Waals surface area contributed by atoms with Crippen molar-refractivity contribution in [2.45, 2.75) is 12.8 Å². The minimum Gasteiger partial charge on any atom is -0.381 e. The molecule has 0 aliphatic carbocycles. The van der Waals surface area contributed by atoms with E-state index in [2.05, 4.69) is 15.9 Å². The van der Waals surface area contributed by atoms with E-state index in [1.165, 1.54) is 0 Å². The maximum atomic E-state index is 12.2. The largest absolute Gasteiger partial charge is 0.381 e. The van der Waals surface area contributed by atoms with Crippen LogP contribution in [0.3, 0.4) is 0 Å². The fourth-order valence-electron chi connectivity index (χ4n) is 1.86. The van der Waals surface area contributed by atoms with Crippen LogP contribution in [0, 0.1) is 5.92 Å². The van der Waals surface area contributed by atoms with Gasteiger partial charge >= 0.3 is 0 Å². The first-order valence-corrected chi connectivity index (χ1v) is 6.42. The summed E-state index contributed by atoms with van der Waals surface area (Å²) in [6.07, 6.45) is 1.84. The van der Waals surface area contributed by atoms with Crippen LogP contribution in [0.2, 0.25) is 5.02 Å². The van der Waals surface area contributed by atoms with Crippen molar-refractivity contribution in [3.63, 3.8) is 0 Å². The SMILES string of the molecule is O=C(c1ccc(Br)cc1Cl)C1CCCOC1. The smallest absolute Gasteiger partial charge is 0.169 e. The van der Waals surface area contributed by atoms with Crippen LogP contribution >= 0.6 is 27.5 Å². The molecule has 0 aromatic heterocycles. The Labute approximate surface area is 108 Å². The molecule has 1 unspecified atom stereocenters. The van der Waals surface area contributed by atoms with Crippen molar-refractivity contribution in [2.75, 3.05) is 13.2 Å². The summed E-state index contributed by atoms with van der Waals surface area (Å²) >= 11 is 9.37. The minimum absolute atomic E-state index is 0.0348. The Balaban J connectivity index is 2.19. The third kappa shape index (κ3) is 2.65. The van der Waals surface area contributed by atoms with Crippen LogP contribution in [0.15, 0.2) is 22.7 Å². The van der Waals surface area contributed by atoms with Gasteiger partial charge in [-0.3, -0.25) is 4.79 Å². The molecule has 1 atom stereocenters. The zero-order valence-corrected chi connectivity index (χ0v) is 11.1. The van der Waals surface area contributed by atoms with Crippen molar-refractivity contribution in [2.24, 2.45) is 5.92 Å². The van der Waals surface area contributed by atoms with Crippen molar-refractivity contribution in [3.05, 3.63) is 33.3 Å². The number of carbonyl (C=O) groups is 1. The Kier molecular flexibility index (Phi) is 4.00. The number of hydrogen-bond donors (Lipinski definition) is 0. The Morgan fingerprint density at radius 3 is 2.94 bits per heavy atom. The molecule has 0 bridgehead atoms. The van der Waals surface area contributed by atoms with E-state index in [0.29, 0.717) is 17.2 Å². The first-order valence-electron chi connectivity index (χ1n) is 5.25. The maximum Gasteiger partial charge on any atom is 0.169 e. The zero-order chi connectivity index (χ0) is 11.5. The molecule has 1 saturated heterocycles. The van der Waals surface area contributed by atoms with E-state index < -0.39 is 0 Å². The third-order valence-electron chi connectivity index (χ3n) is 2.73. The van der Waals surface area contributed by atoms with E-state index in [4.69, 9.17) is 16.3 Å². The zero-order valence-electron chi connectivity index (χ0n) is 8.71. The summed E-state index contributed by atoms with van der Waals surface area (Å²) in [6.45, 7) is 1.28. The molecule has 1 aromatic rings. The molecule has 4 heteroatoms. The quantitative estimate of drug-likeness (QED) is 0.779. The van der Waals surface area contributed by atoms with Gasteiger partial charge in [0.05, 0.1) is 11.6 Å². The number of hydrogen-bond acceptors (Lipinski definition) is 2. The van der Waals surface area contributed by atoms with Crippen molar-refractivity contribution >= 4 is 33.3 Å². The molecule has 1 aliphatic rings. The van der Waals surface area contributed by atoms with E-state index in [1.807, 2.05) is 6.07 Å². The van der Waals surface area contributed by atoms with Crippen molar-refractivity contribution < 1.29 is 9.53 Å². The van der Waals surface area contributed by atoms with Gasteiger partial charge < -0.3 is 4.74 Å². The van der Waals surface area contributed by atoms with E-state index >= 15 is 0 Å². The highest BCUT2D eigenvalue weighted by molar-refractivity contribution is 9.10. The van der Waals surface area contributed by atoms with Crippen LogP contribution in [-0.4, -0.2) is 19.0 Å². The van der Waals surface area contributed by atoms with Gasteiger partial charge in [0.15, 0.2) is 5.78 Å². The summed E-state index contributed by atoms with van der Waals surface area (Å²) in [6, 6.07) is 5.35. The lowest BCUT2D eigenvalue weighted by atomic mass is 9.93. The monoisotopic (exact) mass is 302 g/mol. The predicted molar refractivity (Wildman–Crippen MR) is 67.0 cm³/mol. The van der Waals surface area contributed by atoms with Gasteiger partial charge in [0.2, 0.25) is 0 Å². The number of halogens is 2. The first kappa shape index (κ1) is 12.1. The molecule has 16 heavy (non-hydrogen) atoms. The molecular formula is C12H12BrClO2. The molecular weight excluding hydrogens is 291 g/mol. The van der Waals surface area contributed by atoms with E-state index in [1.54, 1.807) is 12.1 Å². The van der Waals surface area contributed by atoms with E-state index in [9.17, 15) is 4.79 Å². The lowest BCUT2D eigenvalue weighted by Crippen LogP contribution is -2.25. The fraction of sp³-hybridized carbons (Fsp3) is 0.417. The summed E-state index contributed by atoms with van der Waals surface area (Å²) in [5, 5.41) is 0.505. The standard InChI is InChI=1S/C12H12BrClO2/c13-9-3-4-10(11(14)6-9)12(15)8-2-1-5-16-7-8/h3-4,6,8H,1-2,5,7H2. The van der Waals surface area contributed by atoms with Crippen molar-refractivity contribution in [1.29, 1.82) is 0 Å². The van der Waals surface area contributed by atoms with Crippen LogP contribution < -0.4 is 0 Å². The van der Waals surface area contributed by atoms with Crippen LogP contribution in [-0.2, 0) is 4.74 Å². The van der Waals surface area contributed by atoms with Gasteiger partial charge in [0.1, 0.15) is 0 Å². The van der Waals surface area contributed by atoms with Crippen LogP contribution in [0.4, 0.5) is 0 Å².